The quantitative estimate of drug-likeness (QED) is 0.838. The largest absolute Gasteiger partial charge is 0.493 e. The summed E-state index contributed by atoms with van der Waals surface area (Å²) >= 11 is 3.52. The van der Waals surface area contributed by atoms with Crippen molar-refractivity contribution < 1.29 is 9.47 Å². The molecule has 1 aliphatic rings. The normalized spacial score (nSPS) is 18.4. The second-order valence-electron chi connectivity index (χ2n) is 4.68. The molecular formula is C15H20BrNO2. The lowest BCUT2D eigenvalue weighted by Crippen LogP contribution is -2.29. The van der Waals surface area contributed by atoms with E-state index in [-0.39, 0.29) is 0 Å². The molecule has 104 valence electrons. The zero-order chi connectivity index (χ0) is 13.7. The smallest absolute Gasteiger partial charge is 0.174 e. The molecule has 0 aromatic heterocycles. The minimum Gasteiger partial charge on any atom is -0.493 e. The molecule has 0 aliphatic heterocycles. The Balaban J connectivity index is 2.04. The van der Waals surface area contributed by atoms with Gasteiger partial charge in [0, 0.05) is 12.6 Å². The molecule has 4 heteroatoms. The van der Waals surface area contributed by atoms with Crippen LogP contribution >= 0.6 is 15.9 Å². The molecular weight excluding hydrogens is 306 g/mol. The van der Waals surface area contributed by atoms with Gasteiger partial charge in [-0.15, -0.1) is 0 Å². The van der Waals surface area contributed by atoms with Gasteiger partial charge < -0.3 is 14.8 Å². The van der Waals surface area contributed by atoms with Crippen molar-refractivity contribution in [3.63, 3.8) is 0 Å². The van der Waals surface area contributed by atoms with E-state index in [0.29, 0.717) is 6.04 Å². The van der Waals surface area contributed by atoms with Crippen molar-refractivity contribution >= 4 is 15.9 Å². The fourth-order valence-electron chi connectivity index (χ4n) is 2.31. The molecule has 0 amide bonds. The van der Waals surface area contributed by atoms with Crippen LogP contribution < -0.4 is 14.8 Å². The number of ether oxygens (including phenoxy) is 2. The molecule has 1 aliphatic carbocycles. The summed E-state index contributed by atoms with van der Waals surface area (Å²) < 4.78 is 11.6. The highest BCUT2D eigenvalue weighted by molar-refractivity contribution is 9.10. The maximum atomic E-state index is 5.36. The van der Waals surface area contributed by atoms with Crippen LogP contribution in [-0.2, 0) is 6.54 Å². The third kappa shape index (κ3) is 3.74. The molecule has 1 atom stereocenters. The van der Waals surface area contributed by atoms with Crippen molar-refractivity contribution in [2.24, 2.45) is 0 Å². The fraction of sp³-hybridized carbons (Fsp3) is 0.467. The van der Waals surface area contributed by atoms with Crippen molar-refractivity contribution in [1.82, 2.24) is 5.32 Å². The van der Waals surface area contributed by atoms with Crippen molar-refractivity contribution in [2.45, 2.75) is 31.8 Å². The lowest BCUT2D eigenvalue weighted by molar-refractivity contribution is 0.352. The van der Waals surface area contributed by atoms with E-state index in [9.17, 15) is 0 Å². The Morgan fingerprint density at radius 3 is 2.74 bits per heavy atom. The van der Waals surface area contributed by atoms with Crippen LogP contribution in [-0.4, -0.2) is 20.3 Å². The first-order chi connectivity index (χ1) is 9.24. The summed E-state index contributed by atoms with van der Waals surface area (Å²) in [5.41, 5.74) is 1.19. The lowest BCUT2D eigenvalue weighted by Gasteiger charge is -2.20. The molecule has 1 unspecified atom stereocenters. The summed E-state index contributed by atoms with van der Waals surface area (Å²) in [6.45, 7) is 0.845. The van der Waals surface area contributed by atoms with Crippen LogP contribution in [0.25, 0.3) is 0 Å². The van der Waals surface area contributed by atoms with Gasteiger partial charge in [0.2, 0.25) is 0 Å². The van der Waals surface area contributed by atoms with Gasteiger partial charge in [-0.2, -0.15) is 0 Å². The predicted molar refractivity (Wildman–Crippen MR) is 80.9 cm³/mol. The number of methoxy groups -OCH3 is 2. The number of benzene rings is 1. The summed E-state index contributed by atoms with van der Waals surface area (Å²) in [5, 5.41) is 3.59. The maximum absolute atomic E-state index is 5.36. The van der Waals surface area contributed by atoms with Crippen molar-refractivity contribution in [3.05, 3.63) is 34.3 Å². The maximum Gasteiger partial charge on any atom is 0.174 e. The van der Waals surface area contributed by atoms with Gasteiger partial charge in [0.05, 0.1) is 18.7 Å². The van der Waals surface area contributed by atoms with Crippen molar-refractivity contribution in [3.8, 4) is 11.5 Å². The highest BCUT2D eigenvalue weighted by Gasteiger charge is 2.12. The SMILES string of the molecule is COc1cc(CNC2CC=CCC2)cc(Br)c1OC. The van der Waals surface area contributed by atoms with E-state index in [1.165, 1.54) is 18.4 Å². The Bertz CT molecular complexity index is 460. The predicted octanol–water partition coefficient (Wildman–Crippen LogP) is 3.66. The molecule has 19 heavy (non-hydrogen) atoms. The monoisotopic (exact) mass is 325 g/mol. The van der Waals surface area contributed by atoms with Crippen LogP contribution in [0.4, 0.5) is 0 Å². The highest BCUT2D eigenvalue weighted by atomic mass is 79.9. The summed E-state index contributed by atoms with van der Waals surface area (Å²) in [7, 11) is 3.31. The average Bonchev–Trinajstić information content (AvgIpc) is 2.45. The minimum atomic E-state index is 0.580. The zero-order valence-corrected chi connectivity index (χ0v) is 13.0. The Hall–Kier alpha value is -1.00. The first-order valence-corrected chi connectivity index (χ1v) is 7.32. The topological polar surface area (TPSA) is 30.5 Å². The van der Waals surface area contributed by atoms with E-state index in [0.717, 1.165) is 28.9 Å². The molecule has 0 spiro atoms. The van der Waals surface area contributed by atoms with E-state index >= 15 is 0 Å². The van der Waals surface area contributed by atoms with Gasteiger partial charge >= 0.3 is 0 Å². The van der Waals surface area contributed by atoms with Gasteiger partial charge in [0.15, 0.2) is 11.5 Å². The summed E-state index contributed by atoms with van der Waals surface area (Å²) in [6, 6.07) is 4.68. The summed E-state index contributed by atoms with van der Waals surface area (Å²) in [5.74, 6) is 1.50. The number of hydrogen-bond acceptors (Lipinski definition) is 3. The Morgan fingerprint density at radius 2 is 2.11 bits per heavy atom. The number of rotatable bonds is 5. The van der Waals surface area contributed by atoms with Gasteiger partial charge in [-0.05, 0) is 52.9 Å². The standard InChI is InChI=1S/C15H20BrNO2/c1-18-14-9-11(8-13(16)15(14)19-2)10-17-12-6-4-3-5-7-12/h3-4,8-9,12,17H,5-7,10H2,1-2H3. The first kappa shape index (κ1) is 14.4. The zero-order valence-electron chi connectivity index (χ0n) is 11.4. The van der Waals surface area contributed by atoms with Gasteiger partial charge in [0.1, 0.15) is 0 Å². The number of nitrogens with one attached hydrogen (secondary N) is 1. The third-order valence-electron chi connectivity index (χ3n) is 3.36. The molecule has 2 rings (SSSR count). The average molecular weight is 326 g/mol. The van der Waals surface area contributed by atoms with E-state index < -0.39 is 0 Å². The molecule has 3 nitrogen and oxygen atoms in total. The van der Waals surface area contributed by atoms with Crippen LogP contribution in [0.5, 0.6) is 11.5 Å². The molecule has 0 fully saturated rings. The van der Waals surface area contributed by atoms with E-state index in [2.05, 4.69) is 39.5 Å². The molecule has 1 aromatic rings. The number of hydrogen-bond donors (Lipinski definition) is 1. The molecule has 0 bridgehead atoms. The third-order valence-corrected chi connectivity index (χ3v) is 3.95. The van der Waals surface area contributed by atoms with E-state index in [1.54, 1.807) is 14.2 Å². The van der Waals surface area contributed by atoms with Crippen LogP contribution in [0.1, 0.15) is 24.8 Å². The van der Waals surface area contributed by atoms with Gasteiger partial charge in [0.25, 0.3) is 0 Å². The van der Waals surface area contributed by atoms with Crippen molar-refractivity contribution in [2.75, 3.05) is 14.2 Å². The van der Waals surface area contributed by atoms with Crippen LogP contribution in [0.15, 0.2) is 28.8 Å². The summed E-state index contributed by atoms with van der Waals surface area (Å²) in [6.07, 6.45) is 8.02. The molecule has 0 saturated heterocycles. The molecule has 0 radical (unpaired) electrons. The van der Waals surface area contributed by atoms with Gasteiger partial charge in [-0.1, -0.05) is 12.2 Å². The lowest BCUT2D eigenvalue weighted by atomic mass is 10.0. The van der Waals surface area contributed by atoms with E-state index in [1.807, 2.05) is 6.07 Å². The Labute approximate surface area is 123 Å². The molecule has 0 saturated carbocycles. The van der Waals surface area contributed by atoms with Gasteiger partial charge in [-0.25, -0.2) is 0 Å². The van der Waals surface area contributed by atoms with Gasteiger partial charge in [-0.3, -0.25) is 0 Å². The van der Waals surface area contributed by atoms with Crippen LogP contribution in [0.2, 0.25) is 0 Å². The Morgan fingerprint density at radius 1 is 1.26 bits per heavy atom. The highest BCUT2D eigenvalue weighted by Crippen LogP contribution is 2.36. The molecule has 1 N–H and O–H groups in total. The molecule has 0 heterocycles. The second-order valence-corrected chi connectivity index (χ2v) is 5.53. The number of allylic oxidation sites excluding steroid dienone is 1. The van der Waals surface area contributed by atoms with Crippen LogP contribution in [0.3, 0.4) is 0 Å². The minimum absolute atomic E-state index is 0.580. The van der Waals surface area contributed by atoms with E-state index in [4.69, 9.17) is 9.47 Å². The fourth-order valence-corrected chi connectivity index (χ4v) is 2.97. The van der Waals surface area contributed by atoms with Crippen molar-refractivity contribution in [1.29, 1.82) is 0 Å². The number of halogens is 1. The summed E-state index contributed by atoms with van der Waals surface area (Å²) in [4.78, 5) is 0. The molecule has 1 aromatic carbocycles. The first-order valence-electron chi connectivity index (χ1n) is 6.53. The second kappa shape index (κ2) is 6.96. The van der Waals surface area contributed by atoms with Crippen LogP contribution in [0, 0.1) is 0 Å². The Kier molecular flexibility index (Phi) is 5.28.